The van der Waals surface area contributed by atoms with Crippen molar-refractivity contribution in [2.45, 2.75) is 6.04 Å². The molecule has 1 unspecified atom stereocenters. The zero-order valence-electron chi connectivity index (χ0n) is 23.9. The fourth-order valence-electron chi connectivity index (χ4n) is 4.13. The summed E-state index contributed by atoms with van der Waals surface area (Å²) < 4.78 is 23.7. The summed E-state index contributed by atoms with van der Waals surface area (Å²) in [6.45, 7) is -0.222. The molecule has 0 aliphatic rings. The van der Waals surface area contributed by atoms with Crippen LogP contribution in [-0.4, -0.2) is 73.4 Å². The van der Waals surface area contributed by atoms with Gasteiger partial charge in [0.15, 0.2) is 23.9 Å². The smallest absolute Gasteiger partial charge is 0.348 e. The van der Waals surface area contributed by atoms with Gasteiger partial charge in [0.2, 0.25) is 5.75 Å². The van der Waals surface area contributed by atoms with Gasteiger partial charge in [-0.1, -0.05) is 12.1 Å². The highest BCUT2D eigenvalue weighted by atomic mass is 16.5. The number of hydrogen-bond donors (Lipinski definition) is 4. The number of nitrogen functional groups attached to an aromatic ring is 1. The molecule has 42 heavy (non-hydrogen) atoms. The number of ether oxygens (including phenoxy) is 4. The van der Waals surface area contributed by atoms with Crippen molar-refractivity contribution in [2.24, 2.45) is 5.73 Å². The Labute approximate surface area is 242 Å². The third kappa shape index (κ3) is 6.30. The van der Waals surface area contributed by atoms with Gasteiger partial charge in [0.1, 0.15) is 23.3 Å². The molecule has 0 saturated carbocycles. The predicted molar refractivity (Wildman–Crippen MR) is 157 cm³/mol. The van der Waals surface area contributed by atoms with E-state index in [2.05, 4.69) is 15.4 Å². The number of rotatable bonds is 12. The topological polar surface area (TPSA) is 170 Å². The molecule has 0 spiro atoms. The molecular formula is C29H33N7O6. The molecule has 1 amide bonds. The highest BCUT2D eigenvalue weighted by Crippen LogP contribution is 2.41. The second-order valence-electron chi connectivity index (χ2n) is 9.30. The van der Waals surface area contributed by atoms with Gasteiger partial charge in [-0.25, -0.2) is 4.79 Å². The third-order valence-corrected chi connectivity index (χ3v) is 6.38. The van der Waals surface area contributed by atoms with Crippen LogP contribution in [0.25, 0.3) is 5.69 Å². The van der Waals surface area contributed by atoms with Crippen LogP contribution in [0, 0.1) is 5.41 Å². The molecule has 0 aliphatic carbocycles. The second kappa shape index (κ2) is 12.8. The standard InChI is InChI=1S/C29H33N7O6/c1-35(2)24(37)16-42-26-22(40-4)14-18(15-23(26)41-5)25(32-19-12-10-17(11-13-19)27(30)31)28-33-29(38)36(34-28)20-8-6-7-9-21(20)39-3/h6-15,25,32H,16H2,1-5H3,(H3,30,31)(H,33,34,38). The number of amidine groups is 1. The lowest BCUT2D eigenvalue weighted by molar-refractivity contribution is -0.130. The second-order valence-corrected chi connectivity index (χ2v) is 9.30. The SMILES string of the molecule is COc1ccccc1-n1nc(C(Nc2ccc(C(=N)N)cc2)c2cc(OC)c(OCC(=O)N(C)C)c(OC)c2)[nH]c1=O. The van der Waals surface area contributed by atoms with Crippen LogP contribution in [-0.2, 0) is 4.79 Å². The van der Waals surface area contributed by atoms with Gasteiger partial charge in [0, 0.05) is 25.3 Å². The van der Waals surface area contributed by atoms with Crippen LogP contribution >= 0.6 is 0 Å². The number of para-hydroxylation sites is 2. The van der Waals surface area contributed by atoms with Crippen LogP contribution in [0.4, 0.5) is 5.69 Å². The Balaban J connectivity index is 1.83. The van der Waals surface area contributed by atoms with Gasteiger partial charge < -0.3 is 34.9 Å². The Kier molecular flexibility index (Phi) is 9.00. The highest BCUT2D eigenvalue weighted by molar-refractivity contribution is 5.95. The van der Waals surface area contributed by atoms with Crippen LogP contribution in [0.1, 0.15) is 23.0 Å². The van der Waals surface area contributed by atoms with E-state index < -0.39 is 11.7 Å². The minimum absolute atomic E-state index is 0.0595. The lowest BCUT2D eigenvalue weighted by atomic mass is 10.0. The summed E-state index contributed by atoms with van der Waals surface area (Å²) in [6.07, 6.45) is 0. The van der Waals surface area contributed by atoms with Gasteiger partial charge in [0.25, 0.3) is 5.91 Å². The molecule has 220 valence electrons. The summed E-state index contributed by atoms with van der Waals surface area (Å²) in [4.78, 5) is 29.6. The number of likely N-dealkylation sites (N-methyl/N-ethyl adjacent to an activating group) is 1. The Hall–Kier alpha value is -5.46. The van der Waals surface area contributed by atoms with E-state index in [9.17, 15) is 9.59 Å². The molecule has 4 rings (SSSR count). The molecule has 13 nitrogen and oxygen atoms in total. The number of benzene rings is 3. The number of H-pyrrole nitrogens is 1. The number of anilines is 1. The molecule has 5 N–H and O–H groups in total. The minimum Gasteiger partial charge on any atom is -0.494 e. The first kappa shape index (κ1) is 29.5. The van der Waals surface area contributed by atoms with Gasteiger partial charge in [-0.15, -0.1) is 5.10 Å². The summed E-state index contributed by atoms with van der Waals surface area (Å²) in [7, 11) is 7.72. The van der Waals surface area contributed by atoms with Crippen molar-refractivity contribution in [3.8, 4) is 28.7 Å². The van der Waals surface area contributed by atoms with Crippen molar-refractivity contribution < 1.29 is 23.7 Å². The maximum atomic E-state index is 13.1. The number of aromatic amines is 1. The molecule has 3 aromatic carbocycles. The molecule has 0 aliphatic heterocycles. The Bertz CT molecular complexity index is 1600. The average molecular weight is 576 g/mol. The Morgan fingerprint density at radius 1 is 1.02 bits per heavy atom. The Morgan fingerprint density at radius 3 is 2.21 bits per heavy atom. The molecular weight excluding hydrogens is 542 g/mol. The Morgan fingerprint density at radius 2 is 1.64 bits per heavy atom. The van der Waals surface area contributed by atoms with E-state index >= 15 is 0 Å². The normalized spacial score (nSPS) is 11.4. The minimum atomic E-state index is -0.725. The number of nitrogens with two attached hydrogens (primary N) is 1. The van der Waals surface area contributed by atoms with Gasteiger partial charge in [-0.2, -0.15) is 4.68 Å². The first-order chi connectivity index (χ1) is 20.2. The lowest BCUT2D eigenvalue weighted by Gasteiger charge is -2.22. The largest absolute Gasteiger partial charge is 0.494 e. The number of methoxy groups -OCH3 is 3. The molecule has 1 atom stereocenters. The number of nitrogens with one attached hydrogen (secondary N) is 3. The van der Waals surface area contributed by atoms with Crippen LogP contribution < -0.4 is 35.7 Å². The molecule has 0 bridgehead atoms. The van der Waals surface area contributed by atoms with Crippen LogP contribution in [0.15, 0.2) is 65.5 Å². The first-order valence-electron chi connectivity index (χ1n) is 12.8. The van der Waals surface area contributed by atoms with Gasteiger partial charge in [-0.05, 0) is 54.1 Å². The molecule has 13 heteroatoms. The van der Waals surface area contributed by atoms with Gasteiger partial charge in [0.05, 0.1) is 21.3 Å². The van der Waals surface area contributed by atoms with Crippen molar-refractivity contribution >= 4 is 17.4 Å². The molecule has 0 fully saturated rings. The van der Waals surface area contributed by atoms with Gasteiger partial charge in [-0.3, -0.25) is 15.2 Å². The van der Waals surface area contributed by atoms with E-state index in [4.69, 9.17) is 30.1 Å². The van der Waals surface area contributed by atoms with E-state index in [-0.39, 0.29) is 29.9 Å². The number of carbonyl (C=O) groups is 1. The van der Waals surface area contributed by atoms with E-state index in [1.54, 1.807) is 74.8 Å². The number of amides is 1. The summed E-state index contributed by atoms with van der Waals surface area (Å²) in [6, 6.07) is 16.7. The predicted octanol–water partition coefficient (Wildman–Crippen LogP) is 2.54. The van der Waals surface area contributed by atoms with Crippen molar-refractivity contribution in [1.82, 2.24) is 19.7 Å². The zero-order valence-corrected chi connectivity index (χ0v) is 23.9. The summed E-state index contributed by atoms with van der Waals surface area (Å²) in [5.41, 5.74) is 7.42. The average Bonchev–Trinajstić information content (AvgIpc) is 3.38. The van der Waals surface area contributed by atoms with Crippen LogP contribution in [0.3, 0.4) is 0 Å². The number of aromatic nitrogens is 3. The van der Waals surface area contributed by atoms with Crippen molar-refractivity contribution in [2.75, 3.05) is 47.3 Å². The molecule has 1 aromatic heterocycles. The van der Waals surface area contributed by atoms with E-state index in [0.717, 1.165) is 0 Å². The third-order valence-electron chi connectivity index (χ3n) is 6.38. The van der Waals surface area contributed by atoms with Crippen LogP contribution in [0.5, 0.6) is 23.0 Å². The number of hydrogen-bond acceptors (Lipinski definition) is 9. The van der Waals surface area contributed by atoms with Crippen molar-refractivity contribution in [1.29, 1.82) is 5.41 Å². The summed E-state index contributed by atoms with van der Waals surface area (Å²) in [5.74, 6) is 1.31. The first-order valence-corrected chi connectivity index (χ1v) is 12.8. The zero-order chi connectivity index (χ0) is 30.4. The van der Waals surface area contributed by atoms with Crippen molar-refractivity contribution in [3.63, 3.8) is 0 Å². The van der Waals surface area contributed by atoms with Crippen molar-refractivity contribution in [3.05, 3.63) is 88.1 Å². The maximum absolute atomic E-state index is 13.1. The molecule has 0 radical (unpaired) electrons. The number of carbonyl (C=O) groups excluding carboxylic acids is 1. The monoisotopic (exact) mass is 575 g/mol. The molecule has 4 aromatic rings. The van der Waals surface area contributed by atoms with Gasteiger partial charge >= 0.3 is 5.69 Å². The van der Waals surface area contributed by atoms with E-state index in [1.807, 2.05) is 0 Å². The summed E-state index contributed by atoms with van der Waals surface area (Å²) >= 11 is 0. The summed E-state index contributed by atoms with van der Waals surface area (Å²) in [5, 5.41) is 15.7. The maximum Gasteiger partial charge on any atom is 0.348 e. The van der Waals surface area contributed by atoms with E-state index in [0.29, 0.717) is 39.8 Å². The van der Waals surface area contributed by atoms with Crippen LogP contribution in [0.2, 0.25) is 0 Å². The fraction of sp³-hybridized carbons (Fsp3) is 0.241. The highest BCUT2D eigenvalue weighted by Gasteiger charge is 2.25. The fourth-order valence-corrected chi connectivity index (χ4v) is 4.13. The number of nitrogens with zero attached hydrogens (tertiary/aromatic N) is 3. The van der Waals surface area contributed by atoms with E-state index in [1.165, 1.54) is 30.9 Å². The quantitative estimate of drug-likeness (QED) is 0.146. The lowest BCUT2D eigenvalue weighted by Crippen LogP contribution is -2.27. The molecule has 1 heterocycles. The molecule has 0 saturated heterocycles.